The molecule has 12 rings (SSSR count). The van der Waals surface area contributed by atoms with Crippen molar-refractivity contribution in [2.75, 3.05) is 0 Å². The van der Waals surface area contributed by atoms with Gasteiger partial charge in [0.05, 0.1) is 16.7 Å². The first-order valence-corrected chi connectivity index (χ1v) is 21.0. The van der Waals surface area contributed by atoms with Gasteiger partial charge in [-0.25, -0.2) is 15.0 Å². The quantitative estimate of drug-likeness (QED) is 0.158. The number of aromatic nitrogens is 4. The summed E-state index contributed by atoms with van der Waals surface area (Å²) in [5.74, 6) is 2.27. The summed E-state index contributed by atoms with van der Waals surface area (Å²) in [6, 6.07) is 67.5. The largest absolute Gasteiger partial charge is 0.309 e. The Morgan fingerprint density at radius 1 is 0.377 bits per heavy atom. The minimum Gasteiger partial charge on any atom is -0.309 e. The van der Waals surface area contributed by atoms with Gasteiger partial charge in [-0.3, -0.25) is 0 Å². The molecule has 1 atom stereocenters. The lowest BCUT2D eigenvalue weighted by atomic mass is 9.90. The van der Waals surface area contributed by atoms with Crippen molar-refractivity contribution in [3.8, 4) is 51.0 Å². The maximum atomic E-state index is 5.04. The topological polar surface area (TPSA) is 43.6 Å². The van der Waals surface area contributed by atoms with Crippen LogP contribution in [0.5, 0.6) is 0 Å². The zero-order chi connectivity index (χ0) is 40.3. The molecule has 2 heterocycles. The molecule has 9 aromatic carbocycles. The summed E-state index contributed by atoms with van der Waals surface area (Å²) in [5, 5.41) is 9.97. The third-order valence-corrected chi connectivity index (χ3v) is 12.4. The summed E-state index contributed by atoms with van der Waals surface area (Å²) in [5.41, 5.74) is 9.94. The lowest BCUT2D eigenvalue weighted by Gasteiger charge is -2.19. The fourth-order valence-corrected chi connectivity index (χ4v) is 9.40. The highest BCUT2D eigenvalue weighted by molar-refractivity contribution is 6.26. The molecule has 0 fully saturated rings. The summed E-state index contributed by atoms with van der Waals surface area (Å²) in [6.07, 6.45) is 9.92. The standard InChI is InChI=1S/C57H38N4/c1-4-16-37(17-5-1)42-32-33-48-47-26-14-15-27-52(47)61(53(48)34-42)54-36-51-46-25-13-11-23-44(46)43-22-10-12-24-45(43)50(51)35-49(54)38-28-30-41(31-29-38)57-59-55(39-18-6-2-7-19-39)58-56(60-57)40-20-8-3-9-21-40/h1-16,18-37H,17H2. The van der Waals surface area contributed by atoms with Gasteiger partial charge in [-0.2, -0.15) is 0 Å². The van der Waals surface area contributed by atoms with Crippen molar-refractivity contribution in [2.45, 2.75) is 12.3 Å². The molecule has 4 nitrogen and oxygen atoms in total. The van der Waals surface area contributed by atoms with Crippen molar-refractivity contribution in [1.29, 1.82) is 0 Å². The molecule has 2 aromatic heterocycles. The van der Waals surface area contributed by atoms with Gasteiger partial charge in [0.25, 0.3) is 0 Å². The predicted molar refractivity (Wildman–Crippen MR) is 254 cm³/mol. The summed E-state index contributed by atoms with van der Waals surface area (Å²) < 4.78 is 2.51. The van der Waals surface area contributed by atoms with Gasteiger partial charge in [0.2, 0.25) is 0 Å². The van der Waals surface area contributed by atoms with Gasteiger partial charge in [-0.05, 0) is 74.1 Å². The molecule has 0 radical (unpaired) electrons. The van der Waals surface area contributed by atoms with Crippen molar-refractivity contribution >= 4 is 54.1 Å². The zero-order valence-corrected chi connectivity index (χ0v) is 33.3. The highest BCUT2D eigenvalue weighted by Crippen LogP contribution is 2.43. The Balaban J connectivity index is 1.11. The van der Waals surface area contributed by atoms with Crippen LogP contribution < -0.4 is 0 Å². The van der Waals surface area contributed by atoms with Crippen LogP contribution in [-0.4, -0.2) is 19.5 Å². The van der Waals surface area contributed by atoms with Crippen LogP contribution in [0.4, 0.5) is 0 Å². The van der Waals surface area contributed by atoms with Crippen molar-refractivity contribution < 1.29 is 0 Å². The molecule has 0 N–H and O–H groups in total. The second-order valence-electron chi connectivity index (χ2n) is 15.9. The molecular weight excluding hydrogens is 741 g/mol. The first-order chi connectivity index (χ1) is 30.2. The maximum Gasteiger partial charge on any atom is 0.164 e. The minimum absolute atomic E-state index is 0.333. The van der Waals surface area contributed by atoms with Crippen LogP contribution in [0.25, 0.3) is 105 Å². The molecular formula is C57H38N4. The Kier molecular flexibility index (Phi) is 8.27. The van der Waals surface area contributed by atoms with Crippen LogP contribution in [0.3, 0.4) is 0 Å². The number of nitrogens with zero attached hydrogens (tertiary/aromatic N) is 4. The molecule has 61 heavy (non-hydrogen) atoms. The van der Waals surface area contributed by atoms with Gasteiger partial charge < -0.3 is 4.57 Å². The van der Waals surface area contributed by atoms with E-state index in [1.54, 1.807) is 0 Å². The fraction of sp³-hybridized carbons (Fsp3) is 0.0351. The highest BCUT2D eigenvalue weighted by atomic mass is 15.0. The van der Waals surface area contributed by atoms with Crippen molar-refractivity contribution in [1.82, 2.24) is 19.5 Å². The number of rotatable bonds is 6. The van der Waals surface area contributed by atoms with E-state index in [-0.39, 0.29) is 0 Å². The number of para-hydroxylation sites is 1. The predicted octanol–water partition coefficient (Wildman–Crippen LogP) is 14.7. The Bertz CT molecular complexity index is 3490. The third-order valence-electron chi connectivity index (χ3n) is 12.4. The normalized spacial score (nSPS) is 13.9. The van der Waals surface area contributed by atoms with Crippen molar-refractivity contribution in [2.24, 2.45) is 0 Å². The fourth-order valence-electron chi connectivity index (χ4n) is 9.40. The number of hydrogen-bond acceptors (Lipinski definition) is 3. The van der Waals surface area contributed by atoms with E-state index in [9.17, 15) is 0 Å². The van der Waals surface area contributed by atoms with Crippen molar-refractivity contribution in [3.63, 3.8) is 0 Å². The van der Waals surface area contributed by atoms with Gasteiger partial charge in [-0.1, -0.05) is 188 Å². The Hall–Kier alpha value is -7.95. The lowest BCUT2D eigenvalue weighted by molar-refractivity contribution is 0.855. The SMILES string of the molecule is C1=CCC(c2ccc3c4ccccc4n(-c4cc5c6ccccc6c6ccccc6c5cc4-c4ccc(-c5nc(-c6ccccc6)nc(-c6ccccc6)n5)cc4)c3c2)C=C1. The lowest BCUT2D eigenvalue weighted by Crippen LogP contribution is -2.01. The van der Waals surface area contributed by atoms with E-state index >= 15 is 0 Å². The van der Waals surface area contributed by atoms with E-state index in [4.69, 9.17) is 15.0 Å². The van der Waals surface area contributed by atoms with E-state index in [1.165, 1.54) is 59.7 Å². The molecule has 0 saturated carbocycles. The number of fused-ring (bicyclic) bond motifs is 9. The summed E-state index contributed by atoms with van der Waals surface area (Å²) >= 11 is 0. The van der Waals surface area contributed by atoms with Crippen LogP contribution in [-0.2, 0) is 0 Å². The molecule has 0 bridgehead atoms. The van der Waals surface area contributed by atoms with Crippen LogP contribution in [0, 0.1) is 0 Å². The highest BCUT2D eigenvalue weighted by Gasteiger charge is 2.21. The van der Waals surface area contributed by atoms with E-state index in [0.29, 0.717) is 23.4 Å². The Morgan fingerprint density at radius 3 is 1.46 bits per heavy atom. The van der Waals surface area contributed by atoms with E-state index in [0.717, 1.165) is 39.9 Å². The summed E-state index contributed by atoms with van der Waals surface area (Å²) in [6.45, 7) is 0. The summed E-state index contributed by atoms with van der Waals surface area (Å²) in [4.78, 5) is 15.0. The molecule has 1 aliphatic rings. The molecule has 4 heteroatoms. The zero-order valence-electron chi connectivity index (χ0n) is 33.3. The van der Waals surface area contributed by atoms with E-state index in [1.807, 2.05) is 60.7 Å². The molecule has 1 aliphatic carbocycles. The molecule has 11 aromatic rings. The van der Waals surface area contributed by atoms with E-state index < -0.39 is 0 Å². The van der Waals surface area contributed by atoms with Crippen LogP contribution in [0.1, 0.15) is 17.9 Å². The average molecular weight is 779 g/mol. The second kappa shape index (κ2) is 14.4. The molecule has 0 aliphatic heterocycles. The third kappa shape index (κ3) is 5.95. The second-order valence-corrected chi connectivity index (χ2v) is 15.9. The summed E-state index contributed by atoms with van der Waals surface area (Å²) in [7, 11) is 0. The minimum atomic E-state index is 0.333. The Labute approximate surface area is 353 Å². The van der Waals surface area contributed by atoms with Crippen LogP contribution in [0.15, 0.2) is 212 Å². The molecule has 1 unspecified atom stereocenters. The number of hydrogen-bond donors (Lipinski definition) is 0. The monoisotopic (exact) mass is 778 g/mol. The smallest absolute Gasteiger partial charge is 0.164 e. The van der Waals surface area contributed by atoms with Crippen LogP contribution >= 0.6 is 0 Å². The van der Waals surface area contributed by atoms with Gasteiger partial charge >= 0.3 is 0 Å². The van der Waals surface area contributed by atoms with Crippen molar-refractivity contribution in [3.05, 3.63) is 218 Å². The maximum absolute atomic E-state index is 5.04. The molecule has 0 saturated heterocycles. The van der Waals surface area contributed by atoms with E-state index in [2.05, 4.69) is 156 Å². The molecule has 286 valence electrons. The van der Waals surface area contributed by atoms with Crippen LogP contribution in [0.2, 0.25) is 0 Å². The van der Waals surface area contributed by atoms with Gasteiger partial charge in [0, 0.05) is 38.9 Å². The Morgan fingerprint density at radius 2 is 0.869 bits per heavy atom. The van der Waals surface area contributed by atoms with Gasteiger partial charge in [0.1, 0.15) is 0 Å². The first kappa shape index (κ1) is 35.0. The van der Waals surface area contributed by atoms with Gasteiger partial charge in [-0.15, -0.1) is 0 Å². The molecule has 0 amide bonds. The van der Waals surface area contributed by atoms with Gasteiger partial charge in [0.15, 0.2) is 17.5 Å². The number of allylic oxidation sites excluding steroid dienone is 4. The average Bonchev–Trinajstić information content (AvgIpc) is 3.68. The molecule has 0 spiro atoms. The number of benzene rings is 9. The first-order valence-electron chi connectivity index (χ1n) is 21.0.